The molecule has 0 saturated carbocycles. The summed E-state index contributed by atoms with van der Waals surface area (Å²) in [4.78, 5) is 11.9. The molecule has 0 unspecified atom stereocenters. The van der Waals surface area contributed by atoms with Gasteiger partial charge in [-0.05, 0) is 42.8 Å². The Hall–Kier alpha value is -1.81. The van der Waals surface area contributed by atoms with Crippen LogP contribution < -0.4 is 10.1 Å². The zero-order chi connectivity index (χ0) is 14.4. The Labute approximate surface area is 127 Å². The molecule has 0 atom stereocenters. The van der Waals surface area contributed by atoms with Crippen molar-refractivity contribution in [3.63, 3.8) is 0 Å². The Morgan fingerprint density at radius 2 is 1.95 bits per heavy atom. The van der Waals surface area contributed by atoms with Crippen molar-refractivity contribution >= 4 is 21.8 Å². The van der Waals surface area contributed by atoms with Crippen LogP contribution in [0.25, 0.3) is 0 Å². The van der Waals surface area contributed by atoms with Gasteiger partial charge < -0.3 is 10.1 Å². The van der Waals surface area contributed by atoms with E-state index < -0.39 is 0 Å². The Morgan fingerprint density at radius 3 is 2.65 bits per heavy atom. The van der Waals surface area contributed by atoms with Gasteiger partial charge >= 0.3 is 0 Å². The van der Waals surface area contributed by atoms with Crippen LogP contribution in [-0.4, -0.2) is 19.1 Å². The van der Waals surface area contributed by atoms with Crippen molar-refractivity contribution in [1.29, 1.82) is 0 Å². The van der Waals surface area contributed by atoms with E-state index >= 15 is 0 Å². The van der Waals surface area contributed by atoms with E-state index in [0.29, 0.717) is 18.7 Å². The number of hydrogen-bond donors (Lipinski definition) is 1. The lowest BCUT2D eigenvalue weighted by Crippen LogP contribution is -2.28. The number of halogens is 1. The summed E-state index contributed by atoms with van der Waals surface area (Å²) in [6, 6.07) is 15.1. The normalized spacial score (nSPS) is 10.1. The third kappa shape index (κ3) is 4.10. The van der Waals surface area contributed by atoms with Gasteiger partial charge in [0, 0.05) is 10.0 Å². The first-order valence-electron chi connectivity index (χ1n) is 6.39. The van der Waals surface area contributed by atoms with Crippen LogP contribution >= 0.6 is 15.9 Å². The van der Waals surface area contributed by atoms with Crippen LogP contribution in [0.2, 0.25) is 0 Å². The number of carbonyl (C=O) groups is 1. The van der Waals surface area contributed by atoms with Gasteiger partial charge in [-0.15, -0.1) is 0 Å². The smallest absolute Gasteiger partial charge is 0.251 e. The van der Waals surface area contributed by atoms with Gasteiger partial charge in [0.1, 0.15) is 12.4 Å². The summed E-state index contributed by atoms with van der Waals surface area (Å²) in [6.45, 7) is 2.88. The Morgan fingerprint density at radius 1 is 1.20 bits per heavy atom. The minimum atomic E-state index is -0.0859. The van der Waals surface area contributed by atoms with E-state index in [2.05, 4.69) is 21.2 Å². The molecule has 0 aromatic heterocycles. The van der Waals surface area contributed by atoms with E-state index in [9.17, 15) is 4.79 Å². The first kappa shape index (κ1) is 14.6. The zero-order valence-corrected chi connectivity index (χ0v) is 12.8. The van der Waals surface area contributed by atoms with E-state index in [0.717, 1.165) is 15.8 Å². The van der Waals surface area contributed by atoms with Gasteiger partial charge in [-0.2, -0.15) is 0 Å². The molecule has 2 aromatic rings. The Balaban J connectivity index is 1.79. The first-order chi connectivity index (χ1) is 9.66. The van der Waals surface area contributed by atoms with Crippen LogP contribution in [0.3, 0.4) is 0 Å². The molecule has 0 aliphatic rings. The number of nitrogens with one attached hydrogen (secondary N) is 1. The van der Waals surface area contributed by atoms with Crippen LogP contribution in [0.1, 0.15) is 15.9 Å². The molecule has 0 saturated heterocycles. The van der Waals surface area contributed by atoms with Crippen molar-refractivity contribution in [3.8, 4) is 5.75 Å². The van der Waals surface area contributed by atoms with E-state index in [-0.39, 0.29) is 5.91 Å². The Kier molecular flexibility index (Phi) is 5.18. The largest absolute Gasteiger partial charge is 0.492 e. The first-order valence-corrected chi connectivity index (χ1v) is 7.18. The standard InChI is InChI=1S/C16H16BrNO2/c1-12-11-13(7-8-15(12)17)16(19)18-9-10-20-14-5-3-2-4-6-14/h2-8,11H,9-10H2,1H3,(H,18,19). The van der Waals surface area contributed by atoms with Crippen molar-refractivity contribution in [2.75, 3.05) is 13.2 Å². The van der Waals surface area contributed by atoms with Crippen molar-refractivity contribution in [1.82, 2.24) is 5.32 Å². The van der Waals surface area contributed by atoms with Gasteiger partial charge in [0.2, 0.25) is 0 Å². The molecule has 4 heteroatoms. The highest BCUT2D eigenvalue weighted by molar-refractivity contribution is 9.10. The fourth-order valence-electron chi connectivity index (χ4n) is 1.74. The van der Waals surface area contributed by atoms with E-state index in [1.165, 1.54) is 0 Å². The zero-order valence-electron chi connectivity index (χ0n) is 11.2. The van der Waals surface area contributed by atoms with Crippen molar-refractivity contribution in [3.05, 3.63) is 64.1 Å². The van der Waals surface area contributed by atoms with Gasteiger partial charge in [0.15, 0.2) is 0 Å². The summed E-state index contributed by atoms with van der Waals surface area (Å²) < 4.78 is 6.51. The van der Waals surface area contributed by atoms with E-state index in [4.69, 9.17) is 4.74 Å². The van der Waals surface area contributed by atoms with Gasteiger partial charge in [0.25, 0.3) is 5.91 Å². The summed E-state index contributed by atoms with van der Waals surface area (Å²) in [5.74, 6) is 0.721. The number of amides is 1. The molecule has 0 radical (unpaired) electrons. The average molecular weight is 334 g/mol. The SMILES string of the molecule is Cc1cc(C(=O)NCCOc2ccccc2)ccc1Br. The van der Waals surface area contributed by atoms with Gasteiger partial charge in [-0.25, -0.2) is 0 Å². The maximum atomic E-state index is 11.9. The van der Waals surface area contributed by atoms with Gasteiger partial charge in [-0.3, -0.25) is 4.79 Å². The summed E-state index contributed by atoms with van der Waals surface area (Å²) in [5.41, 5.74) is 1.70. The predicted molar refractivity (Wildman–Crippen MR) is 83.1 cm³/mol. The molecule has 0 heterocycles. The van der Waals surface area contributed by atoms with Gasteiger partial charge in [-0.1, -0.05) is 34.1 Å². The minimum Gasteiger partial charge on any atom is -0.492 e. The predicted octanol–water partition coefficient (Wildman–Crippen LogP) is 3.57. The third-order valence-corrected chi connectivity index (χ3v) is 3.71. The number of benzene rings is 2. The Bertz CT molecular complexity index is 584. The number of ether oxygens (including phenoxy) is 1. The lowest BCUT2D eigenvalue weighted by molar-refractivity contribution is 0.0947. The van der Waals surface area contributed by atoms with Crippen LogP contribution in [0.4, 0.5) is 0 Å². The third-order valence-electron chi connectivity index (χ3n) is 2.82. The number of para-hydroxylation sites is 1. The molecule has 0 fully saturated rings. The molecule has 2 aromatic carbocycles. The summed E-state index contributed by atoms with van der Waals surface area (Å²) in [6.07, 6.45) is 0. The minimum absolute atomic E-state index is 0.0859. The molecule has 0 aliphatic heterocycles. The van der Waals surface area contributed by atoms with Crippen LogP contribution in [0, 0.1) is 6.92 Å². The fourth-order valence-corrected chi connectivity index (χ4v) is 1.98. The molecule has 1 N–H and O–H groups in total. The number of carbonyl (C=O) groups excluding carboxylic acids is 1. The highest BCUT2D eigenvalue weighted by atomic mass is 79.9. The second-order valence-corrected chi connectivity index (χ2v) is 5.24. The molecule has 1 amide bonds. The quantitative estimate of drug-likeness (QED) is 0.849. The molecule has 0 aliphatic carbocycles. The number of aryl methyl sites for hydroxylation is 1. The summed E-state index contributed by atoms with van der Waals surface area (Å²) in [5, 5.41) is 2.84. The monoisotopic (exact) mass is 333 g/mol. The van der Waals surface area contributed by atoms with Crippen molar-refractivity contribution < 1.29 is 9.53 Å². The topological polar surface area (TPSA) is 38.3 Å². The average Bonchev–Trinajstić information content (AvgIpc) is 2.47. The second-order valence-electron chi connectivity index (χ2n) is 4.38. The maximum absolute atomic E-state index is 11.9. The molecule has 2 rings (SSSR count). The second kappa shape index (κ2) is 7.10. The molecule has 3 nitrogen and oxygen atoms in total. The number of rotatable bonds is 5. The lowest BCUT2D eigenvalue weighted by atomic mass is 10.1. The van der Waals surface area contributed by atoms with E-state index in [1.807, 2.05) is 49.4 Å². The highest BCUT2D eigenvalue weighted by Crippen LogP contribution is 2.16. The lowest BCUT2D eigenvalue weighted by Gasteiger charge is -2.08. The van der Waals surface area contributed by atoms with Crippen molar-refractivity contribution in [2.24, 2.45) is 0 Å². The van der Waals surface area contributed by atoms with Gasteiger partial charge in [0.05, 0.1) is 6.54 Å². The number of hydrogen-bond acceptors (Lipinski definition) is 2. The van der Waals surface area contributed by atoms with Crippen LogP contribution in [0.5, 0.6) is 5.75 Å². The summed E-state index contributed by atoms with van der Waals surface area (Å²) in [7, 11) is 0. The highest BCUT2D eigenvalue weighted by Gasteiger charge is 2.06. The molecule has 104 valence electrons. The van der Waals surface area contributed by atoms with Crippen LogP contribution in [0.15, 0.2) is 53.0 Å². The van der Waals surface area contributed by atoms with Crippen LogP contribution in [-0.2, 0) is 0 Å². The van der Waals surface area contributed by atoms with Crippen molar-refractivity contribution in [2.45, 2.75) is 6.92 Å². The maximum Gasteiger partial charge on any atom is 0.251 e. The summed E-state index contributed by atoms with van der Waals surface area (Å²) >= 11 is 3.42. The molecule has 20 heavy (non-hydrogen) atoms. The van der Waals surface area contributed by atoms with E-state index in [1.54, 1.807) is 6.07 Å². The molecule has 0 bridgehead atoms. The molecular formula is C16H16BrNO2. The molecule has 0 spiro atoms. The molecular weight excluding hydrogens is 318 g/mol. The fraction of sp³-hybridized carbons (Fsp3) is 0.188.